The molecule has 0 spiro atoms. The summed E-state index contributed by atoms with van der Waals surface area (Å²) in [6.45, 7) is 7.37. The molecule has 1 aromatic rings. The fourth-order valence-corrected chi connectivity index (χ4v) is 2.30. The van der Waals surface area contributed by atoms with Crippen LogP contribution in [0.2, 0.25) is 0 Å². The maximum absolute atomic E-state index is 13.3. The fourth-order valence-electron chi connectivity index (χ4n) is 2.30. The van der Waals surface area contributed by atoms with E-state index in [1.807, 2.05) is 6.92 Å². The molecule has 0 aliphatic heterocycles. The fraction of sp³-hybridized carbons (Fsp3) is 0.571. The van der Waals surface area contributed by atoms with E-state index in [-0.39, 0.29) is 6.04 Å². The molecule has 0 aliphatic rings. The van der Waals surface area contributed by atoms with Gasteiger partial charge in [0.05, 0.1) is 0 Å². The number of likely N-dealkylation sites (N-methyl/N-ethyl adjacent to an activating group) is 1. The van der Waals surface area contributed by atoms with Gasteiger partial charge < -0.3 is 5.73 Å². The molecule has 0 bridgehead atoms. The summed E-state index contributed by atoms with van der Waals surface area (Å²) < 4.78 is 26.6. The van der Waals surface area contributed by atoms with Gasteiger partial charge in [-0.15, -0.1) is 0 Å². The minimum Gasteiger partial charge on any atom is -0.329 e. The van der Waals surface area contributed by atoms with Gasteiger partial charge in [-0.05, 0) is 37.6 Å². The molecule has 0 aliphatic carbocycles. The van der Waals surface area contributed by atoms with Crippen molar-refractivity contribution in [2.45, 2.75) is 39.3 Å². The highest BCUT2D eigenvalue weighted by molar-refractivity contribution is 5.22. The van der Waals surface area contributed by atoms with Gasteiger partial charge in [0.15, 0.2) is 0 Å². The first-order valence-electron chi connectivity index (χ1n) is 6.45. The highest BCUT2D eigenvalue weighted by Crippen LogP contribution is 2.24. The molecule has 0 heterocycles. The van der Waals surface area contributed by atoms with Crippen LogP contribution in [0.25, 0.3) is 0 Å². The summed E-state index contributed by atoms with van der Waals surface area (Å²) >= 11 is 0. The van der Waals surface area contributed by atoms with Crippen LogP contribution in [0.3, 0.4) is 0 Å². The van der Waals surface area contributed by atoms with Gasteiger partial charge in [-0.25, -0.2) is 8.78 Å². The molecular weight excluding hydrogens is 234 g/mol. The Kier molecular flexibility index (Phi) is 5.69. The summed E-state index contributed by atoms with van der Waals surface area (Å²) in [4.78, 5) is 2.17. The van der Waals surface area contributed by atoms with Crippen LogP contribution >= 0.6 is 0 Å². The first-order chi connectivity index (χ1) is 8.53. The highest BCUT2D eigenvalue weighted by Gasteiger charge is 2.22. The lowest BCUT2D eigenvalue weighted by Crippen LogP contribution is -2.39. The molecular formula is C14H22F2N2. The highest BCUT2D eigenvalue weighted by atomic mass is 19.1. The van der Waals surface area contributed by atoms with E-state index in [4.69, 9.17) is 5.73 Å². The third-order valence-corrected chi connectivity index (χ3v) is 3.42. The second kappa shape index (κ2) is 6.81. The number of hydrogen-bond acceptors (Lipinski definition) is 2. The maximum Gasteiger partial charge on any atom is 0.126 e. The van der Waals surface area contributed by atoms with Gasteiger partial charge >= 0.3 is 0 Å². The van der Waals surface area contributed by atoms with Crippen molar-refractivity contribution < 1.29 is 8.78 Å². The molecule has 2 N–H and O–H groups in total. The summed E-state index contributed by atoms with van der Waals surface area (Å²) in [6.07, 6.45) is 0.974. The van der Waals surface area contributed by atoms with Gasteiger partial charge in [0.1, 0.15) is 11.6 Å². The molecule has 102 valence electrons. The van der Waals surface area contributed by atoms with E-state index in [0.717, 1.165) is 19.0 Å². The van der Waals surface area contributed by atoms with Crippen molar-refractivity contribution in [3.05, 3.63) is 35.4 Å². The topological polar surface area (TPSA) is 29.3 Å². The Hall–Kier alpha value is -1.00. The van der Waals surface area contributed by atoms with Crippen LogP contribution in [0.1, 0.15) is 38.8 Å². The number of rotatable bonds is 6. The normalized spacial score (nSPS) is 14.8. The summed E-state index contributed by atoms with van der Waals surface area (Å²) in [5.74, 6) is -1.10. The number of benzene rings is 1. The summed E-state index contributed by atoms with van der Waals surface area (Å²) in [6, 6.07) is 3.80. The first-order valence-corrected chi connectivity index (χ1v) is 6.45. The van der Waals surface area contributed by atoms with Gasteiger partial charge in [-0.2, -0.15) is 0 Å². The predicted molar refractivity (Wildman–Crippen MR) is 70.3 cm³/mol. The SMILES string of the molecule is CCC(C)N(CC)C(CN)c1cc(F)cc(F)c1. The molecule has 1 aromatic carbocycles. The van der Waals surface area contributed by atoms with Crippen LogP contribution < -0.4 is 5.73 Å². The van der Waals surface area contributed by atoms with E-state index in [1.54, 1.807) is 0 Å². The summed E-state index contributed by atoms with van der Waals surface area (Å²) in [5, 5.41) is 0. The lowest BCUT2D eigenvalue weighted by molar-refractivity contribution is 0.151. The average molecular weight is 256 g/mol. The smallest absolute Gasteiger partial charge is 0.126 e. The zero-order valence-corrected chi connectivity index (χ0v) is 11.3. The molecule has 0 radical (unpaired) electrons. The zero-order chi connectivity index (χ0) is 13.7. The molecule has 2 nitrogen and oxygen atoms in total. The summed E-state index contributed by atoms with van der Waals surface area (Å²) in [5.41, 5.74) is 6.40. The van der Waals surface area contributed by atoms with Gasteiger partial charge in [0, 0.05) is 24.7 Å². The molecule has 2 atom stereocenters. The molecule has 18 heavy (non-hydrogen) atoms. The second-order valence-electron chi connectivity index (χ2n) is 4.54. The predicted octanol–water partition coefficient (Wildman–Crippen LogP) is 3.09. The van der Waals surface area contributed by atoms with Crippen LogP contribution in [0.4, 0.5) is 8.78 Å². The number of nitrogens with two attached hydrogens (primary N) is 1. The van der Waals surface area contributed by atoms with Crippen molar-refractivity contribution in [1.29, 1.82) is 0 Å². The van der Waals surface area contributed by atoms with E-state index in [9.17, 15) is 8.78 Å². The Morgan fingerprint density at radius 1 is 1.17 bits per heavy atom. The van der Waals surface area contributed by atoms with Crippen LogP contribution in [-0.4, -0.2) is 24.0 Å². The average Bonchev–Trinajstić information content (AvgIpc) is 2.33. The number of halogens is 2. The number of hydrogen-bond donors (Lipinski definition) is 1. The van der Waals surface area contributed by atoms with Crippen LogP contribution in [0.15, 0.2) is 18.2 Å². The first kappa shape index (κ1) is 15.1. The minimum atomic E-state index is -0.552. The maximum atomic E-state index is 13.3. The van der Waals surface area contributed by atoms with E-state index in [1.165, 1.54) is 12.1 Å². The molecule has 0 saturated heterocycles. The van der Waals surface area contributed by atoms with Crippen molar-refractivity contribution in [2.75, 3.05) is 13.1 Å². The molecule has 0 aromatic heterocycles. The third kappa shape index (κ3) is 3.50. The van der Waals surface area contributed by atoms with Gasteiger partial charge in [0.2, 0.25) is 0 Å². The molecule has 0 saturated carbocycles. The van der Waals surface area contributed by atoms with Gasteiger partial charge in [-0.1, -0.05) is 13.8 Å². The Labute approximate surface area is 108 Å². The van der Waals surface area contributed by atoms with E-state index >= 15 is 0 Å². The van der Waals surface area contributed by atoms with Crippen molar-refractivity contribution in [3.63, 3.8) is 0 Å². The third-order valence-electron chi connectivity index (χ3n) is 3.42. The van der Waals surface area contributed by atoms with Crippen LogP contribution in [0.5, 0.6) is 0 Å². The molecule has 4 heteroatoms. The van der Waals surface area contributed by atoms with Crippen LogP contribution in [-0.2, 0) is 0 Å². The second-order valence-corrected chi connectivity index (χ2v) is 4.54. The Morgan fingerprint density at radius 3 is 2.11 bits per heavy atom. The Bertz CT molecular complexity index is 362. The van der Waals surface area contributed by atoms with E-state index in [0.29, 0.717) is 18.2 Å². The van der Waals surface area contributed by atoms with Crippen molar-refractivity contribution in [2.24, 2.45) is 5.73 Å². The largest absolute Gasteiger partial charge is 0.329 e. The monoisotopic (exact) mass is 256 g/mol. The molecule has 0 fully saturated rings. The zero-order valence-electron chi connectivity index (χ0n) is 11.3. The Balaban J connectivity index is 3.06. The lowest BCUT2D eigenvalue weighted by atomic mass is 10.0. The standard InChI is InChI=1S/C14H22F2N2/c1-4-10(3)18(5-2)14(9-17)11-6-12(15)8-13(16)7-11/h6-8,10,14H,4-5,9,17H2,1-3H3. The molecule has 0 amide bonds. The van der Waals surface area contributed by atoms with E-state index < -0.39 is 11.6 Å². The Morgan fingerprint density at radius 2 is 1.72 bits per heavy atom. The quantitative estimate of drug-likeness (QED) is 0.847. The molecule has 1 rings (SSSR count). The van der Waals surface area contributed by atoms with E-state index in [2.05, 4.69) is 18.7 Å². The van der Waals surface area contributed by atoms with Crippen LogP contribution in [0, 0.1) is 11.6 Å². The minimum absolute atomic E-state index is 0.143. The van der Waals surface area contributed by atoms with Crippen molar-refractivity contribution in [1.82, 2.24) is 4.90 Å². The van der Waals surface area contributed by atoms with Gasteiger partial charge in [-0.3, -0.25) is 4.90 Å². The van der Waals surface area contributed by atoms with Crippen molar-refractivity contribution in [3.8, 4) is 0 Å². The lowest BCUT2D eigenvalue weighted by Gasteiger charge is -2.35. The molecule has 2 unspecified atom stereocenters. The number of nitrogens with zero attached hydrogens (tertiary/aromatic N) is 1. The van der Waals surface area contributed by atoms with Gasteiger partial charge in [0.25, 0.3) is 0 Å². The summed E-state index contributed by atoms with van der Waals surface area (Å²) in [7, 11) is 0. The van der Waals surface area contributed by atoms with Crippen molar-refractivity contribution >= 4 is 0 Å².